The number of benzene rings is 1. The van der Waals surface area contributed by atoms with E-state index >= 15 is 0 Å². The average molecular weight is 332 g/mol. The third-order valence-corrected chi connectivity index (χ3v) is 5.56. The maximum atomic E-state index is 12.6. The molecule has 2 aliphatic rings. The first-order valence-electron chi connectivity index (χ1n) is 8.77. The van der Waals surface area contributed by atoms with E-state index in [1.807, 2.05) is 19.0 Å². The Kier molecular flexibility index (Phi) is 5.11. The van der Waals surface area contributed by atoms with E-state index < -0.39 is 0 Å². The first-order chi connectivity index (χ1) is 11.5. The second-order valence-corrected chi connectivity index (χ2v) is 7.39. The number of carbonyl (C=O) groups is 1. The van der Waals surface area contributed by atoms with Gasteiger partial charge in [0.2, 0.25) is 5.91 Å². The number of aliphatic hydroxyl groups excluding tert-OH is 1. The second-order valence-electron chi connectivity index (χ2n) is 7.39. The molecule has 1 N–H and O–H groups in total. The van der Waals surface area contributed by atoms with Gasteiger partial charge < -0.3 is 19.6 Å². The van der Waals surface area contributed by atoms with Crippen LogP contribution in [0.1, 0.15) is 18.4 Å². The fourth-order valence-electron chi connectivity index (χ4n) is 3.88. The SMILES string of the molecule is CN(C)c1ccc(CCC(=O)N2C[C@@H]3CCOC[C@]3(CO)C2)cc1. The van der Waals surface area contributed by atoms with Crippen LogP contribution in [0, 0.1) is 11.3 Å². The summed E-state index contributed by atoms with van der Waals surface area (Å²) in [6, 6.07) is 8.36. The highest BCUT2D eigenvalue weighted by Crippen LogP contribution is 2.41. The maximum absolute atomic E-state index is 12.6. The smallest absolute Gasteiger partial charge is 0.222 e. The monoisotopic (exact) mass is 332 g/mol. The van der Waals surface area contributed by atoms with E-state index in [4.69, 9.17) is 4.74 Å². The van der Waals surface area contributed by atoms with Crippen molar-refractivity contribution in [2.45, 2.75) is 19.3 Å². The van der Waals surface area contributed by atoms with Crippen molar-refractivity contribution in [1.82, 2.24) is 4.90 Å². The van der Waals surface area contributed by atoms with E-state index in [9.17, 15) is 9.90 Å². The summed E-state index contributed by atoms with van der Waals surface area (Å²) in [5.41, 5.74) is 2.12. The minimum absolute atomic E-state index is 0.105. The number of aryl methyl sites for hydroxylation is 1. The van der Waals surface area contributed by atoms with E-state index in [1.165, 1.54) is 11.3 Å². The standard InChI is InChI=1S/C19H28N2O3/c1-20(2)17-6-3-15(4-7-17)5-8-18(23)21-11-16-9-10-24-14-19(16,12-21)13-22/h3-4,6-7,16,22H,5,8-14H2,1-2H3/t16-,19+/m0/s1. The average Bonchev–Trinajstić information content (AvgIpc) is 3.00. The second kappa shape index (κ2) is 7.11. The van der Waals surface area contributed by atoms with Crippen molar-refractivity contribution in [3.05, 3.63) is 29.8 Å². The molecule has 0 bridgehead atoms. The molecule has 2 fully saturated rings. The van der Waals surface area contributed by atoms with Crippen LogP contribution in [0.2, 0.25) is 0 Å². The van der Waals surface area contributed by atoms with Crippen LogP contribution < -0.4 is 4.90 Å². The van der Waals surface area contributed by atoms with Crippen molar-refractivity contribution >= 4 is 11.6 Å². The number of ether oxygens (including phenoxy) is 1. The number of anilines is 1. The highest BCUT2D eigenvalue weighted by molar-refractivity contribution is 5.77. The Bertz CT molecular complexity index is 572. The van der Waals surface area contributed by atoms with E-state index in [2.05, 4.69) is 29.2 Å². The van der Waals surface area contributed by atoms with Crippen molar-refractivity contribution in [3.8, 4) is 0 Å². The Morgan fingerprint density at radius 2 is 2.12 bits per heavy atom. The van der Waals surface area contributed by atoms with Gasteiger partial charge in [0.15, 0.2) is 0 Å². The number of hydrogen-bond donors (Lipinski definition) is 1. The number of hydrogen-bond acceptors (Lipinski definition) is 4. The molecule has 2 atom stereocenters. The van der Waals surface area contributed by atoms with Gasteiger partial charge in [-0.1, -0.05) is 12.1 Å². The van der Waals surface area contributed by atoms with Gasteiger partial charge in [0.1, 0.15) is 0 Å². The molecule has 1 aromatic carbocycles. The molecule has 2 saturated heterocycles. The summed E-state index contributed by atoms with van der Waals surface area (Å²) >= 11 is 0. The molecule has 5 heteroatoms. The third-order valence-electron chi connectivity index (χ3n) is 5.56. The van der Waals surface area contributed by atoms with Crippen LogP contribution in [-0.4, -0.2) is 62.9 Å². The molecule has 2 heterocycles. The largest absolute Gasteiger partial charge is 0.396 e. The van der Waals surface area contributed by atoms with Crippen LogP contribution in [0.25, 0.3) is 0 Å². The lowest BCUT2D eigenvalue weighted by Gasteiger charge is -2.36. The molecule has 132 valence electrons. The number of nitrogens with zero attached hydrogens (tertiary/aromatic N) is 2. The molecule has 0 aromatic heterocycles. The number of fused-ring (bicyclic) bond motifs is 1. The van der Waals surface area contributed by atoms with Crippen molar-refractivity contribution in [2.24, 2.45) is 11.3 Å². The third kappa shape index (κ3) is 3.42. The Morgan fingerprint density at radius 1 is 1.38 bits per heavy atom. The predicted molar refractivity (Wildman–Crippen MR) is 94.1 cm³/mol. The van der Waals surface area contributed by atoms with E-state index in [1.54, 1.807) is 0 Å². The molecule has 0 spiro atoms. The quantitative estimate of drug-likeness (QED) is 0.889. The minimum atomic E-state index is -0.235. The van der Waals surface area contributed by atoms with Gasteiger partial charge in [-0.05, 0) is 36.5 Å². The van der Waals surface area contributed by atoms with Crippen molar-refractivity contribution < 1.29 is 14.6 Å². The number of carbonyl (C=O) groups excluding carboxylic acids is 1. The highest BCUT2D eigenvalue weighted by atomic mass is 16.5. The fourth-order valence-corrected chi connectivity index (χ4v) is 3.88. The summed E-state index contributed by atoms with van der Waals surface area (Å²) in [6.45, 7) is 2.82. The molecular weight excluding hydrogens is 304 g/mol. The Hall–Kier alpha value is -1.59. The Balaban J connectivity index is 1.56. The first-order valence-corrected chi connectivity index (χ1v) is 8.77. The zero-order valence-electron chi connectivity index (χ0n) is 14.7. The summed E-state index contributed by atoms with van der Waals surface area (Å²) in [7, 11) is 4.04. The highest BCUT2D eigenvalue weighted by Gasteiger charge is 2.49. The molecule has 0 saturated carbocycles. The predicted octanol–water partition coefficient (Wildman–Crippen LogP) is 1.54. The molecule has 1 aromatic rings. The Morgan fingerprint density at radius 3 is 2.75 bits per heavy atom. The van der Waals surface area contributed by atoms with Gasteiger partial charge in [0.05, 0.1) is 13.2 Å². The van der Waals surface area contributed by atoms with Crippen LogP contribution in [0.5, 0.6) is 0 Å². The molecule has 0 radical (unpaired) electrons. The maximum Gasteiger partial charge on any atom is 0.222 e. The van der Waals surface area contributed by atoms with Gasteiger partial charge in [-0.15, -0.1) is 0 Å². The zero-order chi connectivity index (χ0) is 17.2. The van der Waals surface area contributed by atoms with Crippen molar-refractivity contribution in [3.63, 3.8) is 0 Å². The van der Waals surface area contributed by atoms with Gasteiger partial charge in [-0.25, -0.2) is 0 Å². The van der Waals surface area contributed by atoms with Gasteiger partial charge in [-0.2, -0.15) is 0 Å². The molecule has 2 aliphatic heterocycles. The molecule has 5 nitrogen and oxygen atoms in total. The van der Waals surface area contributed by atoms with E-state index in [-0.39, 0.29) is 17.9 Å². The van der Waals surface area contributed by atoms with Crippen LogP contribution >= 0.6 is 0 Å². The Labute approximate surface area is 144 Å². The van der Waals surface area contributed by atoms with Crippen LogP contribution in [-0.2, 0) is 16.0 Å². The van der Waals surface area contributed by atoms with Crippen LogP contribution in [0.3, 0.4) is 0 Å². The number of aliphatic hydroxyl groups is 1. The van der Waals surface area contributed by atoms with Gasteiger partial charge in [0, 0.05) is 51.3 Å². The molecule has 0 unspecified atom stereocenters. The lowest BCUT2D eigenvalue weighted by Crippen LogP contribution is -2.43. The summed E-state index contributed by atoms with van der Waals surface area (Å²) in [5.74, 6) is 0.563. The van der Waals surface area contributed by atoms with Gasteiger partial charge >= 0.3 is 0 Å². The minimum Gasteiger partial charge on any atom is -0.396 e. The van der Waals surface area contributed by atoms with Gasteiger partial charge in [0.25, 0.3) is 0 Å². The number of amides is 1. The molecule has 1 amide bonds. The fraction of sp³-hybridized carbons (Fsp3) is 0.632. The van der Waals surface area contributed by atoms with Crippen LogP contribution in [0.4, 0.5) is 5.69 Å². The van der Waals surface area contributed by atoms with Gasteiger partial charge in [-0.3, -0.25) is 4.79 Å². The summed E-state index contributed by atoms with van der Waals surface area (Å²) in [6.07, 6.45) is 2.23. The lowest BCUT2D eigenvalue weighted by molar-refractivity contribution is -0.130. The molecule has 0 aliphatic carbocycles. The molecular formula is C19H28N2O3. The van der Waals surface area contributed by atoms with E-state index in [0.29, 0.717) is 25.5 Å². The van der Waals surface area contributed by atoms with Crippen molar-refractivity contribution in [1.29, 1.82) is 0 Å². The van der Waals surface area contributed by atoms with Crippen molar-refractivity contribution in [2.75, 3.05) is 51.9 Å². The zero-order valence-corrected chi connectivity index (χ0v) is 14.7. The lowest BCUT2D eigenvalue weighted by atomic mass is 9.76. The van der Waals surface area contributed by atoms with E-state index in [0.717, 1.165) is 26.0 Å². The number of likely N-dealkylation sites (tertiary alicyclic amines) is 1. The molecule has 3 rings (SSSR count). The normalized spacial score (nSPS) is 26.3. The summed E-state index contributed by atoms with van der Waals surface area (Å²) in [4.78, 5) is 16.6. The molecule has 24 heavy (non-hydrogen) atoms. The summed E-state index contributed by atoms with van der Waals surface area (Å²) < 4.78 is 5.56. The first kappa shape index (κ1) is 17.2. The summed E-state index contributed by atoms with van der Waals surface area (Å²) in [5, 5.41) is 9.81. The number of rotatable bonds is 5. The topological polar surface area (TPSA) is 53.0 Å². The van der Waals surface area contributed by atoms with Crippen LogP contribution in [0.15, 0.2) is 24.3 Å².